The fourth-order valence-corrected chi connectivity index (χ4v) is 3.97. The van der Waals surface area contributed by atoms with Crippen LogP contribution in [0.3, 0.4) is 0 Å². The highest BCUT2D eigenvalue weighted by Gasteiger charge is 2.36. The number of piperazine rings is 1. The Morgan fingerprint density at radius 2 is 2.33 bits per heavy atom. The van der Waals surface area contributed by atoms with E-state index in [4.69, 9.17) is 4.98 Å². The van der Waals surface area contributed by atoms with E-state index in [9.17, 15) is 5.11 Å². The topological polar surface area (TPSA) is 48.4 Å². The summed E-state index contributed by atoms with van der Waals surface area (Å²) in [7, 11) is 0. The second kappa shape index (κ2) is 4.61. The largest absolute Gasteiger partial charge is 0.387 e. The van der Waals surface area contributed by atoms with Crippen LogP contribution in [0.5, 0.6) is 0 Å². The van der Waals surface area contributed by atoms with Gasteiger partial charge in [0, 0.05) is 28.7 Å². The number of halogens is 1. The molecule has 0 amide bonds. The Hall–Kier alpha value is -0.400. The van der Waals surface area contributed by atoms with Crippen molar-refractivity contribution in [2.45, 2.75) is 38.5 Å². The van der Waals surface area contributed by atoms with E-state index in [0.29, 0.717) is 12.1 Å². The minimum atomic E-state index is -0.500. The number of nitrogens with one attached hydrogen (secondary N) is 1. The molecular weight excluding hydrogens is 341 g/mol. The summed E-state index contributed by atoms with van der Waals surface area (Å²) in [6.45, 7) is 6.05. The van der Waals surface area contributed by atoms with E-state index >= 15 is 0 Å². The molecule has 2 aliphatic heterocycles. The summed E-state index contributed by atoms with van der Waals surface area (Å²) < 4.78 is 1.07. The molecule has 0 spiro atoms. The first-order valence-corrected chi connectivity index (χ1v) is 7.52. The zero-order valence-electron chi connectivity index (χ0n) is 10.7. The molecular formula is C13H18IN3O. The summed E-state index contributed by atoms with van der Waals surface area (Å²) in [4.78, 5) is 7.15. The van der Waals surface area contributed by atoms with Gasteiger partial charge in [0.05, 0.1) is 11.8 Å². The van der Waals surface area contributed by atoms with Gasteiger partial charge in [0.2, 0.25) is 0 Å². The van der Waals surface area contributed by atoms with Crippen LogP contribution in [0.1, 0.15) is 31.2 Å². The van der Waals surface area contributed by atoms with E-state index in [2.05, 4.69) is 45.8 Å². The molecule has 1 fully saturated rings. The summed E-state index contributed by atoms with van der Waals surface area (Å²) in [6, 6.07) is 3.19. The highest BCUT2D eigenvalue weighted by atomic mass is 127. The van der Waals surface area contributed by atoms with Gasteiger partial charge in [0.25, 0.3) is 0 Å². The molecule has 18 heavy (non-hydrogen) atoms. The third kappa shape index (κ3) is 1.92. The molecule has 3 rings (SSSR count). The average molecular weight is 359 g/mol. The van der Waals surface area contributed by atoms with Gasteiger partial charge >= 0.3 is 0 Å². The zero-order valence-corrected chi connectivity index (χ0v) is 12.8. The minimum Gasteiger partial charge on any atom is -0.387 e. The number of pyridine rings is 1. The summed E-state index contributed by atoms with van der Waals surface area (Å²) in [6.07, 6.45) is 0.565. The van der Waals surface area contributed by atoms with Crippen LogP contribution >= 0.6 is 22.6 Å². The second-order valence-corrected chi connectivity index (χ2v) is 6.45. The summed E-state index contributed by atoms with van der Waals surface area (Å²) in [5.74, 6) is 1.09. The molecule has 0 radical (unpaired) electrons. The average Bonchev–Trinajstić information content (AvgIpc) is 2.65. The first-order chi connectivity index (χ1) is 8.58. The molecule has 98 valence electrons. The number of hydrogen-bond acceptors (Lipinski definition) is 4. The Balaban J connectivity index is 2.06. The van der Waals surface area contributed by atoms with E-state index in [1.54, 1.807) is 6.92 Å². The van der Waals surface area contributed by atoms with Gasteiger partial charge in [-0.05, 0) is 54.5 Å². The standard InChI is InChI=1S/C13H18IN3O/c1-7-5-15-6-10-3-9-4-11(14)12(8(2)18)16-13(9)17(7)10/h4,7-8,10,15,18H,3,5-6H2,1-2H3/t7-,8?,10-/m1/s1. The van der Waals surface area contributed by atoms with Crippen LogP contribution in [-0.2, 0) is 6.42 Å². The van der Waals surface area contributed by atoms with Gasteiger partial charge in [-0.1, -0.05) is 0 Å². The number of anilines is 1. The Labute approximate surface area is 121 Å². The van der Waals surface area contributed by atoms with Crippen LogP contribution < -0.4 is 10.2 Å². The van der Waals surface area contributed by atoms with Crippen molar-refractivity contribution in [3.8, 4) is 0 Å². The van der Waals surface area contributed by atoms with Gasteiger partial charge in [-0.2, -0.15) is 0 Å². The van der Waals surface area contributed by atoms with Crippen molar-refractivity contribution < 1.29 is 5.11 Å². The maximum atomic E-state index is 9.80. The monoisotopic (exact) mass is 359 g/mol. The molecule has 1 aromatic rings. The lowest BCUT2D eigenvalue weighted by Gasteiger charge is -2.37. The van der Waals surface area contributed by atoms with Gasteiger partial charge < -0.3 is 15.3 Å². The lowest BCUT2D eigenvalue weighted by molar-refractivity contribution is 0.193. The molecule has 5 heteroatoms. The van der Waals surface area contributed by atoms with Crippen molar-refractivity contribution in [3.05, 3.63) is 20.9 Å². The molecule has 1 saturated heterocycles. The van der Waals surface area contributed by atoms with E-state index < -0.39 is 6.10 Å². The first-order valence-electron chi connectivity index (χ1n) is 6.44. The zero-order chi connectivity index (χ0) is 12.9. The Bertz CT molecular complexity index is 478. The molecule has 1 aromatic heterocycles. The number of hydrogen-bond donors (Lipinski definition) is 2. The highest BCUT2D eigenvalue weighted by Crippen LogP contribution is 2.36. The lowest BCUT2D eigenvalue weighted by atomic mass is 10.1. The maximum Gasteiger partial charge on any atom is 0.132 e. The number of aromatic nitrogens is 1. The molecule has 0 aromatic carbocycles. The van der Waals surface area contributed by atoms with Crippen LogP contribution in [0.25, 0.3) is 0 Å². The first kappa shape index (κ1) is 12.6. The molecule has 2 N–H and O–H groups in total. The van der Waals surface area contributed by atoms with Crippen LogP contribution in [0.2, 0.25) is 0 Å². The fourth-order valence-electron chi connectivity index (χ4n) is 3.02. The predicted octanol–water partition coefficient (Wildman–Crippen LogP) is 1.46. The van der Waals surface area contributed by atoms with Crippen LogP contribution in [0.15, 0.2) is 6.07 Å². The highest BCUT2D eigenvalue weighted by molar-refractivity contribution is 14.1. The number of fused-ring (bicyclic) bond motifs is 3. The molecule has 3 atom stereocenters. The maximum absolute atomic E-state index is 9.80. The summed E-state index contributed by atoms with van der Waals surface area (Å²) >= 11 is 2.27. The van der Waals surface area contributed by atoms with Crippen LogP contribution in [0.4, 0.5) is 5.82 Å². The van der Waals surface area contributed by atoms with Crippen molar-refractivity contribution in [2.75, 3.05) is 18.0 Å². The van der Waals surface area contributed by atoms with E-state index in [1.807, 2.05) is 0 Å². The van der Waals surface area contributed by atoms with Crippen molar-refractivity contribution in [1.29, 1.82) is 0 Å². The van der Waals surface area contributed by atoms with Gasteiger partial charge in [-0.15, -0.1) is 0 Å². The quantitative estimate of drug-likeness (QED) is 0.746. The third-order valence-corrected chi connectivity index (χ3v) is 4.71. The summed E-state index contributed by atoms with van der Waals surface area (Å²) in [5, 5.41) is 13.3. The Morgan fingerprint density at radius 1 is 1.56 bits per heavy atom. The number of rotatable bonds is 1. The predicted molar refractivity (Wildman–Crippen MR) is 79.9 cm³/mol. The third-order valence-electron chi connectivity index (χ3n) is 3.84. The second-order valence-electron chi connectivity index (χ2n) is 5.29. The van der Waals surface area contributed by atoms with Crippen molar-refractivity contribution in [1.82, 2.24) is 10.3 Å². The summed E-state index contributed by atoms with van der Waals surface area (Å²) in [5.41, 5.74) is 2.13. The molecule has 0 bridgehead atoms. The van der Waals surface area contributed by atoms with Crippen molar-refractivity contribution in [2.24, 2.45) is 0 Å². The molecule has 0 saturated carbocycles. The Morgan fingerprint density at radius 3 is 3.06 bits per heavy atom. The number of aliphatic hydroxyl groups is 1. The molecule has 0 aliphatic carbocycles. The Kier molecular flexibility index (Phi) is 3.23. The normalized spacial score (nSPS) is 27.9. The minimum absolute atomic E-state index is 0.472. The van der Waals surface area contributed by atoms with E-state index in [0.717, 1.165) is 34.6 Å². The van der Waals surface area contributed by atoms with Crippen molar-refractivity contribution in [3.63, 3.8) is 0 Å². The van der Waals surface area contributed by atoms with Gasteiger partial charge in [-0.3, -0.25) is 0 Å². The lowest BCUT2D eigenvalue weighted by Crippen LogP contribution is -2.55. The molecule has 2 aliphatic rings. The smallest absolute Gasteiger partial charge is 0.132 e. The number of aliphatic hydroxyl groups excluding tert-OH is 1. The van der Waals surface area contributed by atoms with Gasteiger partial charge in [0.15, 0.2) is 0 Å². The SMILES string of the molecule is CC(O)c1nc2c(cc1I)C[C@@H]1CNC[C@@H](C)N21. The fraction of sp³-hybridized carbons (Fsp3) is 0.615. The van der Waals surface area contributed by atoms with E-state index in [1.165, 1.54) is 5.56 Å². The van der Waals surface area contributed by atoms with E-state index in [-0.39, 0.29) is 0 Å². The molecule has 1 unspecified atom stereocenters. The molecule has 4 nitrogen and oxygen atoms in total. The number of nitrogens with zero attached hydrogens (tertiary/aromatic N) is 2. The molecule has 3 heterocycles. The van der Waals surface area contributed by atoms with Gasteiger partial charge in [0.1, 0.15) is 5.82 Å². The van der Waals surface area contributed by atoms with Crippen LogP contribution in [0, 0.1) is 3.57 Å². The van der Waals surface area contributed by atoms with Crippen molar-refractivity contribution >= 4 is 28.4 Å². The van der Waals surface area contributed by atoms with Crippen LogP contribution in [-0.4, -0.2) is 35.3 Å². The van der Waals surface area contributed by atoms with Gasteiger partial charge in [-0.25, -0.2) is 4.98 Å².